The van der Waals surface area contributed by atoms with Crippen LogP contribution in [0, 0.1) is 0 Å². The minimum absolute atomic E-state index is 0.0438. The van der Waals surface area contributed by atoms with Crippen LogP contribution in [0.1, 0.15) is 5.56 Å². The highest BCUT2D eigenvalue weighted by Gasteiger charge is 2.04. The number of aliphatic hydroxyl groups is 2. The van der Waals surface area contributed by atoms with Gasteiger partial charge in [0, 0.05) is 18.8 Å². The Balaban J connectivity index is 2.06. The van der Waals surface area contributed by atoms with Crippen molar-refractivity contribution in [3.05, 3.63) is 60.7 Å². The lowest BCUT2D eigenvalue weighted by Gasteiger charge is -2.22. The third kappa shape index (κ3) is 5.02. The predicted octanol–water partition coefficient (Wildman–Crippen LogP) is 3.54. The molecule has 0 spiro atoms. The fraction of sp³-hybridized carbons (Fsp3) is 0.222. The highest BCUT2D eigenvalue weighted by Crippen LogP contribution is 2.22. The van der Waals surface area contributed by atoms with Crippen LogP contribution in [0.25, 0.3) is 6.08 Å². The van der Waals surface area contributed by atoms with Gasteiger partial charge in [-0.2, -0.15) is 10.2 Å². The topological polar surface area (TPSA) is 68.4 Å². The molecule has 2 N–H and O–H groups in total. The average Bonchev–Trinajstić information content (AvgIpc) is 2.61. The molecule has 0 aliphatic heterocycles. The van der Waals surface area contributed by atoms with Crippen molar-refractivity contribution in [2.24, 2.45) is 10.2 Å². The van der Waals surface area contributed by atoms with Crippen LogP contribution in [-0.2, 0) is 0 Å². The van der Waals surface area contributed by atoms with Gasteiger partial charge in [-0.25, -0.2) is 0 Å². The fourth-order valence-corrected chi connectivity index (χ4v) is 2.13. The van der Waals surface area contributed by atoms with Crippen molar-refractivity contribution >= 4 is 23.1 Å². The van der Waals surface area contributed by atoms with Crippen molar-refractivity contribution in [1.29, 1.82) is 0 Å². The van der Waals surface area contributed by atoms with Crippen LogP contribution in [0.4, 0.5) is 17.1 Å². The molecule has 0 heterocycles. The van der Waals surface area contributed by atoms with Gasteiger partial charge in [0.15, 0.2) is 0 Å². The molecule has 120 valence electrons. The van der Waals surface area contributed by atoms with Crippen LogP contribution in [0.5, 0.6) is 0 Å². The normalized spacial score (nSPS) is 10.9. The molecule has 0 fully saturated rings. The summed E-state index contributed by atoms with van der Waals surface area (Å²) in [4.78, 5) is 1.91. The van der Waals surface area contributed by atoms with Gasteiger partial charge >= 0.3 is 0 Å². The third-order valence-corrected chi connectivity index (χ3v) is 3.36. The van der Waals surface area contributed by atoms with Crippen LogP contribution in [0.2, 0.25) is 0 Å². The zero-order valence-electron chi connectivity index (χ0n) is 13.0. The molecule has 5 nitrogen and oxygen atoms in total. The van der Waals surface area contributed by atoms with Gasteiger partial charge in [-0.15, -0.1) is 0 Å². The number of hydrogen-bond donors (Lipinski definition) is 2. The Kier molecular flexibility index (Phi) is 6.47. The summed E-state index contributed by atoms with van der Waals surface area (Å²) in [5.74, 6) is 0. The molecule has 0 unspecified atom stereocenters. The summed E-state index contributed by atoms with van der Waals surface area (Å²) in [7, 11) is 0. The first-order valence-electron chi connectivity index (χ1n) is 7.48. The molecule has 0 amide bonds. The second-order valence-corrected chi connectivity index (χ2v) is 4.95. The minimum Gasteiger partial charge on any atom is -0.395 e. The number of benzene rings is 2. The molecule has 0 saturated carbocycles. The Morgan fingerprint density at radius 3 is 1.74 bits per heavy atom. The third-order valence-electron chi connectivity index (χ3n) is 3.36. The maximum atomic E-state index is 9.06. The highest BCUT2D eigenvalue weighted by atomic mass is 16.3. The Morgan fingerprint density at radius 1 is 0.826 bits per heavy atom. The number of nitrogens with zero attached hydrogens (tertiary/aromatic N) is 3. The molecule has 0 radical (unpaired) electrons. The monoisotopic (exact) mass is 311 g/mol. The van der Waals surface area contributed by atoms with Crippen molar-refractivity contribution in [3.63, 3.8) is 0 Å². The smallest absolute Gasteiger partial charge is 0.0858 e. The fourth-order valence-electron chi connectivity index (χ4n) is 2.13. The molecular formula is C18H21N3O2. The Bertz CT molecular complexity index is 630. The van der Waals surface area contributed by atoms with E-state index in [9.17, 15) is 0 Å². The Labute approximate surface area is 136 Å². The SMILES string of the molecule is C=Cc1ccc(N=Nc2ccc(N(CCO)CCO)cc2)cc1. The van der Waals surface area contributed by atoms with Gasteiger partial charge in [0.2, 0.25) is 0 Å². The molecule has 5 heteroatoms. The van der Waals surface area contributed by atoms with Crippen LogP contribution in [0.3, 0.4) is 0 Å². The van der Waals surface area contributed by atoms with E-state index < -0.39 is 0 Å². The molecule has 2 aromatic carbocycles. The lowest BCUT2D eigenvalue weighted by Crippen LogP contribution is -2.29. The molecule has 0 bridgehead atoms. The van der Waals surface area contributed by atoms with E-state index in [4.69, 9.17) is 10.2 Å². The van der Waals surface area contributed by atoms with Gasteiger partial charge in [-0.05, 0) is 42.0 Å². The van der Waals surface area contributed by atoms with E-state index >= 15 is 0 Å². The number of hydrogen-bond acceptors (Lipinski definition) is 5. The van der Waals surface area contributed by atoms with Gasteiger partial charge in [0.1, 0.15) is 0 Å². The average molecular weight is 311 g/mol. The first-order chi connectivity index (χ1) is 11.3. The van der Waals surface area contributed by atoms with Crippen LogP contribution >= 0.6 is 0 Å². The zero-order chi connectivity index (χ0) is 16.5. The summed E-state index contributed by atoms with van der Waals surface area (Å²) in [6.07, 6.45) is 1.78. The zero-order valence-corrected chi connectivity index (χ0v) is 13.0. The van der Waals surface area contributed by atoms with Crippen molar-refractivity contribution in [1.82, 2.24) is 0 Å². The van der Waals surface area contributed by atoms with Gasteiger partial charge in [0.05, 0.1) is 24.6 Å². The summed E-state index contributed by atoms with van der Waals surface area (Å²) >= 11 is 0. The van der Waals surface area contributed by atoms with E-state index in [1.807, 2.05) is 53.4 Å². The quantitative estimate of drug-likeness (QED) is 0.733. The van der Waals surface area contributed by atoms with Crippen LogP contribution < -0.4 is 4.90 Å². The summed E-state index contributed by atoms with van der Waals surface area (Å²) in [6.45, 7) is 4.77. The molecular weight excluding hydrogens is 290 g/mol. The Hall–Kier alpha value is -2.50. The van der Waals surface area contributed by atoms with E-state index in [2.05, 4.69) is 16.8 Å². The van der Waals surface area contributed by atoms with E-state index in [1.54, 1.807) is 6.08 Å². The second-order valence-electron chi connectivity index (χ2n) is 4.95. The van der Waals surface area contributed by atoms with E-state index in [0.717, 1.165) is 22.6 Å². The lowest BCUT2D eigenvalue weighted by atomic mass is 10.2. The number of rotatable bonds is 8. The number of anilines is 1. The van der Waals surface area contributed by atoms with Crippen molar-refractivity contribution in [2.75, 3.05) is 31.2 Å². The van der Waals surface area contributed by atoms with Gasteiger partial charge in [-0.3, -0.25) is 0 Å². The van der Waals surface area contributed by atoms with E-state index in [-0.39, 0.29) is 13.2 Å². The molecule has 23 heavy (non-hydrogen) atoms. The maximum absolute atomic E-state index is 9.06. The maximum Gasteiger partial charge on any atom is 0.0858 e. The van der Waals surface area contributed by atoms with Crippen LogP contribution in [-0.4, -0.2) is 36.5 Å². The molecule has 0 saturated heterocycles. The van der Waals surface area contributed by atoms with E-state index in [0.29, 0.717) is 13.1 Å². The summed E-state index contributed by atoms with van der Waals surface area (Å²) in [6, 6.07) is 15.2. The standard InChI is InChI=1S/C18H21N3O2/c1-2-15-3-5-16(6-4-15)19-20-17-7-9-18(10-8-17)21(11-13-22)12-14-23/h2-10,22-23H,1,11-14H2. The molecule has 0 aromatic heterocycles. The first kappa shape index (κ1) is 16.9. The summed E-state index contributed by atoms with van der Waals surface area (Å²) in [5.41, 5.74) is 3.50. The molecule has 2 rings (SSSR count). The summed E-state index contributed by atoms with van der Waals surface area (Å²) in [5, 5.41) is 26.5. The van der Waals surface area contributed by atoms with Gasteiger partial charge in [0.25, 0.3) is 0 Å². The second kappa shape index (κ2) is 8.82. The number of aliphatic hydroxyl groups excluding tert-OH is 2. The van der Waals surface area contributed by atoms with Crippen molar-refractivity contribution < 1.29 is 10.2 Å². The van der Waals surface area contributed by atoms with Crippen LogP contribution in [0.15, 0.2) is 65.3 Å². The first-order valence-corrected chi connectivity index (χ1v) is 7.48. The molecule has 0 atom stereocenters. The molecule has 0 aliphatic rings. The van der Waals surface area contributed by atoms with Crippen molar-refractivity contribution in [3.8, 4) is 0 Å². The van der Waals surface area contributed by atoms with E-state index in [1.165, 1.54) is 0 Å². The summed E-state index contributed by atoms with van der Waals surface area (Å²) < 4.78 is 0. The number of azo groups is 1. The van der Waals surface area contributed by atoms with Gasteiger partial charge in [-0.1, -0.05) is 24.8 Å². The Morgan fingerprint density at radius 2 is 1.30 bits per heavy atom. The van der Waals surface area contributed by atoms with Gasteiger partial charge < -0.3 is 15.1 Å². The molecule has 0 aliphatic carbocycles. The molecule has 2 aromatic rings. The predicted molar refractivity (Wildman–Crippen MR) is 93.5 cm³/mol. The highest BCUT2D eigenvalue weighted by molar-refractivity contribution is 5.54. The van der Waals surface area contributed by atoms with Crippen molar-refractivity contribution in [2.45, 2.75) is 0 Å². The minimum atomic E-state index is 0.0438. The lowest BCUT2D eigenvalue weighted by molar-refractivity contribution is 0.281. The largest absolute Gasteiger partial charge is 0.395 e.